The van der Waals surface area contributed by atoms with Gasteiger partial charge in [-0.3, -0.25) is 0 Å². The molecule has 0 aliphatic heterocycles. The average Bonchev–Trinajstić information content (AvgIpc) is 2.25. The monoisotopic (exact) mass is 257 g/mol. The maximum Gasteiger partial charge on any atom is 0.246 e. The van der Waals surface area contributed by atoms with Crippen LogP contribution < -0.4 is 5.73 Å². The lowest BCUT2D eigenvalue weighted by atomic mass is 10.4. The minimum absolute atomic E-state index is 0.0502. The van der Waals surface area contributed by atoms with E-state index in [1.54, 1.807) is 6.07 Å². The highest BCUT2D eigenvalue weighted by Gasteiger charge is 2.28. The highest BCUT2D eigenvalue weighted by Crippen LogP contribution is 2.22. The molecule has 0 saturated carbocycles. The number of rotatable bonds is 5. The van der Waals surface area contributed by atoms with E-state index in [9.17, 15) is 8.42 Å². The largest absolute Gasteiger partial charge is 0.383 e. The second-order valence-corrected chi connectivity index (χ2v) is 5.96. The fourth-order valence-electron chi connectivity index (χ4n) is 1.62. The number of nitrogens with zero attached hydrogens (tertiary/aromatic N) is 2. The number of anilines is 1. The van der Waals surface area contributed by atoms with Gasteiger partial charge in [-0.15, -0.1) is 0 Å². The molecule has 1 aromatic heterocycles. The van der Waals surface area contributed by atoms with Crippen molar-refractivity contribution in [2.75, 3.05) is 12.3 Å². The minimum atomic E-state index is -3.55. The molecule has 0 radical (unpaired) electrons. The van der Waals surface area contributed by atoms with Crippen molar-refractivity contribution >= 4 is 15.8 Å². The van der Waals surface area contributed by atoms with Crippen LogP contribution >= 0.6 is 0 Å². The molecule has 2 N–H and O–H groups in total. The summed E-state index contributed by atoms with van der Waals surface area (Å²) in [5.41, 5.74) is 5.62. The van der Waals surface area contributed by atoms with Gasteiger partial charge in [-0.25, -0.2) is 13.4 Å². The first kappa shape index (κ1) is 13.9. The zero-order valence-corrected chi connectivity index (χ0v) is 11.2. The number of sulfonamides is 1. The van der Waals surface area contributed by atoms with E-state index in [0.29, 0.717) is 6.54 Å². The third-order valence-corrected chi connectivity index (χ3v) is 4.53. The first-order chi connectivity index (χ1) is 7.91. The Balaban J connectivity index is 3.22. The van der Waals surface area contributed by atoms with Gasteiger partial charge < -0.3 is 5.73 Å². The van der Waals surface area contributed by atoms with Gasteiger partial charge in [-0.1, -0.05) is 6.92 Å². The molecule has 1 heterocycles. The highest BCUT2D eigenvalue weighted by atomic mass is 32.2. The van der Waals surface area contributed by atoms with Crippen molar-refractivity contribution in [3.05, 3.63) is 18.3 Å². The third kappa shape index (κ3) is 2.95. The van der Waals surface area contributed by atoms with Crippen LogP contribution in [0.3, 0.4) is 0 Å². The van der Waals surface area contributed by atoms with Gasteiger partial charge in [-0.2, -0.15) is 4.31 Å². The fraction of sp³-hybridized carbons (Fsp3) is 0.545. The zero-order valence-electron chi connectivity index (χ0n) is 10.4. The number of aromatic nitrogens is 1. The Hall–Kier alpha value is -1.14. The Bertz CT molecular complexity index is 471. The van der Waals surface area contributed by atoms with Crippen molar-refractivity contribution in [2.24, 2.45) is 0 Å². The van der Waals surface area contributed by atoms with E-state index in [1.165, 1.54) is 16.6 Å². The molecule has 0 bridgehead atoms. The van der Waals surface area contributed by atoms with E-state index in [0.717, 1.165) is 6.42 Å². The molecule has 5 nitrogen and oxygen atoms in total. The molecule has 0 aliphatic rings. The summed E-state index contributed by atoms with van der Waals surface area (Å²) >= 11 is 0. The highest BCUT2D eigenvalue weighted by molar-refractivity contribution is 7.89. The second kappa shape index (κ2) is 5.46. The summed E-state index contributed by atoms with van der Waals surface area (Å²) < 4.78 is 26.2. The Morgan fingerprint density at radius 2 is 2.12 bits per heavy atom. The smallest absolute Gasteiger partial charge is 0.246 e. The minimum Gasteiger partial charge on any atom is -0.383 e. The fourth-order valence-corrected chi connectivity index (χ4v) is 3.42. The van der Waals surface area contributed by atoms with Crippen LogP contribution in [0.15, 0.2) is 23.2 Å². The third-order valence-electron chi connectivity index (χ3n) is 2.41. The average molecular weight is 257 g/mol. The molecule has 96 valence electrons. The summed E-state index contributed by atoms with van der Waals surface area (Å²) in [7, 11) is -3.55. The van der Waals surface area contributed by atoms with E-state index in [1.807, 2.05) is 20.8 Å². The lowest BCUT2D eigenvalue weighted by Gasteiger charge is -2.25. The number of hydrogen-bond donors (Lipinski definition) is 1. The molecule has 1 rings (SSSR count). The van der Waals surface area contributed by atoms with Gasteiger partial charge in [0.25, 0.3) is 0 Å². The summed E-state index contributed by atoms with van der Waals surface area (Å²) in [4.78, 5) is 3.90. The lowest BCUT2D eigenvalue weighted by Crippen LogP contribution is -2.37. The van der Waals surface area contributed by atoms with Crippen LogP contribution in [0.2, 0.25) is 0 Å². The zero-order chi connectivity index (χ0) is 13.1. The Morgan fingerprint density at radius 1 is 1.47 bits per heavy atom. The van der Waals surface area contributed by atoms with Crippen LogP contribution in [0, 0.1) is 0 Å². The molecule has 0 amide bonds. The van der Waals surface area contributed by atoms with Crippen LogP contribution in [-0.2, 0) is 10.0 Å². The molecule has 0 aromatic carbocycles. The van der Waals surface area contributed by atoms with Gasteiger partial charge in [0, 0.05) is 18.8 Å². The normalized spacial score (nSPS) is 12.3. The van der Waals surface area contributed by atoms with Gasteiger partial charge in [0.2, 0.25) is 10.0 Å². The Kier molecular flexibility index (Phi) is 4.47. The van der Waals surface area contributed by atoms with Crippen molar-refractivity contribution in [3.63, 3.8) is 0 Å². The van der Waals surface area contributed by atoms with Crippen molar-refractivity contribution in [3.8, 4) is 0 Å². The first-order valence-corrected chi connectivity index (χ1v) is 7.07. The quantitative estimate of drug-likeness (QED) is 0.866. The van der Waals surface area contributed by atoms with Crippen molar-refractivity contribution in [1.29, 1.82) is 0 Å². The molecule has 1 aromatic rings. The molecule has 17 heavy (non-hydrogen) atoms. The van der Waals surface area contributed by atoms with Gasteiger partial charge in [0.15, 0.2) is 0 Å². The van der Waals surface area contributed by atoms with Gasteiger partial charge >= 0.3 is 0 Å². The molecule has 0 spiro atoms. The molecule has 0 unspecified atom stereocenters. The first-order valence-electron chi connectivity index (χ1n) is 5.63. The van der Waals surface area contributed by atoms with Crippen LogP contribution in [0.5, 0.6) is 0 Å². The standard InChI is InChI=1S/C11H19N3O2S/c1-4-8-14(9(2)3)17(15,16)10-6-5-7-13-11(10)12/h5-7,9H,4,8H2,1-3H3,(H2,12,13). The lowest BCUT2D eigenvalue weighted by molar-refractivity contribution is 0.354. The van der Waals surface area contributed by atoms with Crippen molar-refractivity contribution in [1.82, 2.24) is 9.29 Å². The van der Waals surface area contributed by atoms with Crippen LogP contribution in [0.25, 0.3) is 0 Å². The summed E-state index contributed by atoms with van der Waals surface area (Å²) in [5.74, 6) is 0.0502. The van der Waals surface area contributed by atoms with Crippen LogP contribution in [-0.4, -0.2) is 30.3 Å². The molecule has 0 aliphatic carbocycles. The Morgan fingerprint density at radius 3 is 2.59 bits per heavy atom. The number of hydrogen-bond acceptors (Lipinski definition) is 4. The predicted molar refractivity (Wildman–Crippen MR) is 68.0 cm³/mol. The topological polar surface area (TPSA) is 76.3 Å². The SMILES string of the molecule is CCCN(C(C)C)S(=O)(=O)c1cccnc1N. The maximum atomic E-state index is 12.4. The van der Waals surface area contributed by atoms with E-state index >= 15 is 0 Å². The van der Waals surface area contributed by atoms with Crippen molar-refractivity contribution in [2.45, 2.75) is 38.1 Å². The predicted octanol–water partition coefficient (Wildman–Crippen LogP) is 1.47. The van der Waals surface area contributed by atoms with Crippen LogP contribution in [0.4, 0.5) is 5.82 Å². The van der Waals surface area contributed by atoms with E-state index in [-0.39, 0.29) is 16.8 Å². The van der Waals surface area contributed by atoms with Gasteiger partial charge in [0.1, 0.15) is 10.7 Å². The molecular weight excluding hydrogens is 238 g/mol. The van der Waals surface area contributed by atoms with E-state index in [4.69, 9.17) is 5.73 Å². The Labute approximate surface area is 103 Å². The van der Waals surface area contributed by atoms with Gasteiger partial charge in [-0.05, 0) is 32.4 Å². The van der Waals surface area contributed by atoms with E-state index < -0.39 is 10.0 Å². The summed E-state index contributed by atoms with van der Waals surface area (Å²) in [6.07, 6.45) is 2.24. The molecule has 0 atom stereocenters. The molecule has 0 saturated heterocycles. The molecule has 0 fully saturated rings. The number of nitrogens with two attached hydrogens (primary N) is 1. The molecular formula is C11H19N3O2S. The van der Waals surface area contributed by atoms with Crippen LogP contribution in [0.1, 0.15) is 27.2 Å². The van der Waals surface area contributed by atoms with Gasteiger partial charge in [0.05, 0.1) is 0 Å². The van der Waals surface area contributed by atoms with E-state index in [2.05, 4.69) is 4.98 Å². The van der Waals surface area contributed by atoms with Crippen molar-refractivity contribution < 1.29 is 8.42 Å². The summed E-state index contributed by atoms with van der Waals surface area (Å²) in [6, 6.07) is 2.97. The summed E-state index contributed by atoms with van der Waals surface area (Å²) in [6.45, 7) is 6.12. The second-order valence-electron chi connectivity index (χ2n) is 4.10. The molecule has 6 heteroatoms. The summed E-state index contributed by atoms with van der Waals surface area (Å²) in [5, 5.41) is 0. The number of nitrogen functional groups attached to an aromatic ring is 1. The maximum absolute atomic E-state index is 12.4. The number of pyridine rings is 1.